The minimum atomic E-state index is 0.624. The quantitative estimate of drug-likeness (QED) is 0.163. The van der Waals surface area contributed by atoms with Crippen LogP contribution >= 0.6 is 0 Å². The van der Waals surface area contributed by atoms with E-state index in [1.807, 2.05) is 48.9 Å². The Labute approximate surface area is 313 Å². The van der Waals surface area contributed by atoms with Crippen molar-refractivity contribution in [3.63, 3.8) is 0 Å². The number of fused-ring (bicyclic) bond motifs is 3. The Bertz CT molecular complexity index is 2940. The Hall–Kier alpha value is -7.30. The Morgan fingerprint density at radius 3 is 1.67 bits per heavy atom. The lowest BCUT2D eigenvalue weighted by molar-refractivity contribution is 1.18. The number of benzene rings is 7. The SMILES string of the molecule is c1ccc(-c2c3ccccc3c(-c3cccc(-c4cc(-c5ccccc5-c5ccncc5)nc(-c5cnc6ccccc6c5)n4)c3)c3ccccc23)cc1. The number of pyridine rings is 2. The van der Waals surface area contributed by atoms with Crippen molar-refractivity contribution in [2.45, 2.75) is 0 Å². The average Bonchev–Trinajstić information content (AvgIpc) is 3.26. The summed E-state index contributed by atoms with van der Waals surface area (Å²) in [5, 5.41) is 5.92. The van der Waals surface area contributed by atoms with Gasteiger partial charge in [0.25, 0.3) is 0 Å². The number of para-hydroxylation sites is 1. The molecule has 3 aromatic heterocycles. The third kappa shape index (κ3) is 5.58. The van der Waals surface area contributed by atoms with Crippen LogP contribution in [0.2, 0.25) is 0 Å². The van der Waals surface area contributed by atoms with Crippen molar-refractivity contribution in [1.29, 1.82) is 0 Å². The highest BCUT2D eigenvalue weighted by Crippen LogP contribution is 2.44. The highest BCUT2D eigenvalue weighted by molar-refractivity contribution is 6.21. The molecule has 0 unspecified atom stereocenters. The normalized spacial score (nSPS) is 11.3. The van der Waals surface area contributed by atoms with Crippen LogP contribution < -0.4 is 0 Å². The summed E-state index contributed by atoms with van der Waals surface area (Å²) in [6.45, 7) is 0. The molecular formula is C50H32N4. The van der Waals surface area contributed by atoms with E-state index in [9.17, 15) is 0 Å². The zero-order valence-corrected chi connectivity index (χ0v) is 29.3. The van der Waals surface area contributed by atoms with Crippen molar-refractivity contribution in [2.24, 2.45) is 0 Å². The number of nitrogens with zero attached hydrogens (tertiary/aromatic N) is 4. The Morgan fingerprint density at radius 1 is 0.352 bits per heavy atom. The monoisotopic (exact) mass is 688 g/mol. The predicted molar refractivity (Wildman–Crippen MR) is 223 cm³/mol. The average molecular weight is 689 g/mol. The van der Waals surface area contributed by atoms with Crippen LogP contribution in [-0.4, -0.2) is 19.9 Å². The van der Waals surface area contributed by atoms with E-state index >= 15 is 0 Å². The van der Waals surface area contributed by atoms with Gasteiger partial charge in [-0.1, -0.05) is 140 Å². The molecule has 0 aliphatic heterocycles. The molecule has 7 aromatic carbocycles. The van der Waals surface area contributed by atoms with E-state index in [-0.39, 0.29) is 0 Å². The van der Waals surface area contributed by atoms with Crippen molar-refractivity contribution in [2.75, 3.05) is 0 Å². The van der Waals surface area contributed by atoms with Crippen molar-refractivity contribution >= 4 is 32.4 Å². The molecule has 0 radical (unpaired) electrons. The molecule has 0 amide bonds. The van der Waals surface area contributed by atoms with Gasteiger partial charge in [-0.15, -0.1) is 0 Å². The summed E-state index contributed by atoms with van der Waals surface area (Å²) in [5.74, 6) is 0.624. The summed E-state index contributed by atoms with van der Waals surface area (Å²) in [4.78, 5) is 19.5. The van der Waals surface area contributed by atoms with Gasteiger partial charge in [-0.25, -0.2) is 9.97 Å². The second-order valence-electron chi connectivity index (χ2n) is 13.4. The van der Waals surface area contributed by atoms with Gasteiger partial charge in [-0.3, -0.25) is 9.97 Å². The van der Waals surface area contributed by atoms with Gasteiger partial charge in [0.15, 0.2) is 5.82 Å². The van der Waals surface area contributed by atoms with Crippen LogP contribution in [-0.2, 0) is 0 Å². The standard InChI is InChI=1S/C50H32N4/c1-2-13-34(14-3-1)48-41-20-7-9-22-43(41)49(44-23-10-8-21-42(44)48)37-17-12-16-36(29-37)46-31-47(40-19-6-5-18-39(40)33-25-27-51-28-26-33)54-50(53-46)38-30-35-15-4-11-24-45(35)52-32-38/h1-32H. The molecule has 10 rings (SSSR count). The highest BCUT2D eigenvalue weighted by Gasteiger charge is 2.19. The molecule has 0 saturated heterocycles. The van der Waals surface area contributed by atoms with Crippen LogP contribution in [0.15, 0.2) is 195 Å². The van der Waals surface area contributed by atoms with Crippen molar-refractivity contribution in [3.8, 4) is 67.3 Å². The lowest BCUT2D eigenvalue weighted by Crippen LogP contribution is -1.98. The predicted octanol–water partition coefficient (Wildman–Crippen LogP) is 12.7. The van der Waals surface area contributed by atoms with Gasteiger partial charge >= 0.3 is 0 Å². The zero-order chi connectivity index (χ0) is 35.8. The molecule has 0 spiro atoms. The maximum Gasteiger partial charge on any atom is 0.161 e. The van der Waals surface area contributed by atoms with E-state index < -0.39 is 0 Å². The van der Waals surface area contributed by atoms with E-state index in [4.69, 9.17) is 15.0 Å². The fourth-order valence-electron chi connectivity index (χ4n) is 7.73. The summed E-state index contributed by atoms with van der Waals surface area (Å²) in [6.07, 6.45) is 5.53. The van der Waals surface area contributed by atoms with Crippen LogP contribution in [0.1, 0.15) is 0 Å². The number of rotatable bonds is 6. The topological polar surface area (TPSA) is 51.6 Å². The molecule has 0 atom stereocenters. The summed E-state index contributed by atoms with van der Waals surface area (Å²) >= 11 is 0. The smallest absolute Gasteiger partial charge is 0.161 e. The van der Waals surface area contributed by atoms with Crippen LogP contribution in [0.25, 0.3) is 99.7 Å². The van der Waals surface area contributed by atoms with Crippen molar-refractivity contribution in [3.05, 3.63) is 195 Å². The lowest BCUT2D eigenvalue weighted by atomic mass is 9.85. The molecule has 252 valence electrons. The van der Waals surface area contributed by atoms with Crippen LogP contribution in [0.3, 0.4) is 0 Å². The molecule has 4 nitrogen and oxygen atoms in total. The summed E-state index contributed by atoms with van der Waals surface area (Å²) in [5.41, 5.74) is 12.5. The molecule has 54 heavy (non-hydrogen) atoms. The second-order valence-corrected chi connectivity index (χ2v) is 13.4. The molecule has 0 fully saturated rings. The summed E-state index contributed by atoms with van der Waals surface area (Å²) < 4.78 is 0. The fourth-order valence-corrected chi connectivity index (χ4v) is 7.73. The molecule has 0 aliphatic carbocycles. The largest absolute Gasteiger partial charge is 0.265 e. The van der Waals surface area contributed by atoms with Gasteiger partial charge in [0.05, 0.1) is 16.9 Å². The zero-order valence-electron chi connectivity index (χ0n) is 29.3. The van der Waals surface area contributed by atoms with Gasteiger partial charge in [0.1, 0.15) is 0 Å². The maximum absolute atomic E-state index is 5.26. The molecule has 0 bridgehead atoms. The molecule has 10 aromatic rings. The van der Waals surface area contributed by atoms with Crippen molar-refractivity contribution < 1.29 is 0 Å². The van der Waals surface area contributed by atoms with Gasteiger partial charge in [0, 0.05) is 40.7 Å². The number of hydrogen-bond donors (Lipinski definition) is 0. The van der Waals surface area contributed by atoms with Crippen LogP contribution in [0.4, 0.5) is 0 Å². The second kappa shape index (κ2) is 13.4. The first kappa shape index (κ1) is 31.4. The fraction of sp³-hybridized carbons (Fsp3) is 0. The summed E-state index contributed by atoms with van der Waals surface area (Å²) in [7, 11) is 0. The first-order chi connectivity index (χ1) is 26.8. The van der Waals surface area contributed by atoms with Crippen LogP contribution in [0, 0.1) is 0 Å². The summed E-state index contributed by atoms with van der Waals surface area (Å²) in [6, 6.07) is 61.9. The van der Waals surface area contributed by atoms with E-state index in [0.29, 0.717) is 5.82 Å². The minimum Gasteiger partial charge on any atom is -0.265 e. The van der Waals surface area contributed by atoms with Gasteiger partial charge < -0.3 is 0 Å². The van der Waals surface area contributed by atoms with E-state index in [2.05, 4.69) is 151 Å². The highest BCUT2D eigenvalue weighted by atomic mass is 14.9. The van der Waals surface area contributed by atoms with E-state index in [1.165, 1.54) is 38.2 Å². The molecule has 0 aliphatic rings. The Kier molecular flexibility index (Phi) is 7.77. The number of aromatic nitrogens is 4. The first-order valence-electron chi connectivity index (χ1n) is 18.1. The molecule has 0 N–H and O–H groups in total. The molecular weight excluding hydrogens is 657 g/mol. The van der Waals surface area contributed by atoms with E-state index in [1.54, 1.807) is 0 Å². The van der Waals surface area contributed by atoms with Crippen molar-refractivity contribution in [1.82, 2.24) is 19.9 Å². The number of hydrogen-bond acceptors (Lipinski definition) is 4. The third-order valence-electron chi connectivity index (χ3n) is 10.2. The van der Waals surface area contributed by atoms with E-state index in [0.717, 1.165) is 55.7 Å². The molecule has 0 saturated carbocycles. The van der Waals surface area contributed by atoms with Gasteiger partial charge in [-0.2, -0.15) is 0 Å². The molecule has 3 heterocycles. The van der Waals surface area contributed by atoms with Gasteiger partial charge in [-0.05, 0) is 91.3 Å². The van der Waals surface area contributed by atoms with Crippen LogP contribution in [0.5, 0.6) is 0 Å². The Morgan fingerprint density at radius 2 is 0.926 bits per heavy atom. The Balaban J connectivity index is 1.20. The van der Waals surface area contributed by atoms with Gasteiger partial charge in [0.2, 0.25) is 0 Å². The first-order valence-corrected chi connectivity index (χ1v) is 18.1. The molecule has 4 heteroatoms. The maximum atomic E-state index is 5.26. The minimum absolute atomic E-state index is 0.624. The lowest BCUT2D eigenvalue weighted by Gasteiger charge is -2.18. The third-order valence-corrected chi connectivity index (χ3v) is 10.2.